The summed E-state index contributed by atoms with van der Waals surface area (Å²) in [6.45, 7) is 3.68. The predicted octanol–water partition coefficient (Wildman–Crippen LogP) is 0.533. The van der Waals surface area contributed by atoms with Crippen LogP contribution in [0.25, 0.3) is 0 Å². The Hall–Kier alpha value is -1.78. The van der Waals surface area contributed by atoms with Gasteiger partial charge >= 0.3 is 5.69 Å². The van der Waals surface area contributed by atoms with Gasteiger partial charge in [-0.2, -0.15) is 0 Å². The Kier molecular flexibility index (Phi) is 4.12. The smallest absolute Gasteiger partial charge is 0.344 e. The number of anilines is 1. The van der Waals surface area contributed by atoms with Crippen LogP contribution >= 0.6 is 11.8 Å². The lowest BCUT2D eigenvalue weighted by Gasteiger charge is -2.11. The summed E-state index contributed by atoms with van der Waals surface area (Å²) in [5.41, 5.74) is 5.54. The molecule has 1 aromatic carbocycles. The van der Waals surface area contributed by atoms with Gasteiger partial charge in [0.15, 0.2) is 5.16 Å². The second-order valence-electron chi connectivity index (χ2n) is 4.59. The van der Waals surface area contributed by atoms with Crippen molar-refractivity contribution in [1.82, 2.24) is 14.8 Å². The zero-order valence-corrected chi connectivity index (χ0v) is 13.0. The van der Waals surface area contributed by atoms with Crippen LogP contribution < -0.4 is 16.6 Å². The molecular weight excluding hydrogens is 314 g/mol. The summed E-state index contributed by atoms with van der Waals surface area (Å²) in [5, 5.41) is 11.8. The molecule has 0 fully saturated rings. The fourth-order valence-corrected chi connectivity index (χ4v) is 3.57. The molecule has 0 aliphatic rings. The van der Waals surface area contributed by atoms with Crippen molar-refractivity contribution in [2.75, 3.05) is 5.73 Å². The van der Waals surface area contributed by atoms with Crippen molar-refractivity contribution >= 4 is 27.5 Å². The molecule has 0 saturated heterocycles. The first-order valence-electron chi connectivity index (χ1n) is 5.98. The highest BCUT2D eigenvalue weighted by atomic mass is 32.2. The fraction of sp³-hybridized carbons (Fsp3) is 0.273. The first-order chi connectivity index (χ1) is 9.71. The number of H-pyrrole nitrogens is 1. The number of para-hydroxylation sites is 1. The standard InChI is InChI=1S/C11H15N5O3S2/c1-6(2)16-10(17)14-15-11(16)20-7-4-3-5-8(9(7)12)21(13,18)19/h3-6H,12H2,1-2H3,(H,14,17)(H2,13,18,19). The Morgan fingerprint density at radius 1 is 1.38 bits per heavy atom. The molecule has 114 valence electrons. The molecule has 2 aromatic rings. The monoisotopic (exact) mass is 329 g/mol. The van der Waals surface area contributed by atoms with Gasteiger partial charge in [-0.25, -0.2) is 23.4 Å². The molecule has 0 aliphatic heterocycles. The Labute approximate surface area is 125 Å². The number of primary sulfonamides is 1. The van der Waals surface area contributed by atoms with E-state index < -0.39 is 10.0 Å². The molecule has 5 N–H and O–H groups in total. The van der Waals surface area contributed by atoms with Crippen molar-refractivity contribution in [1.29, 1.82) is 0 Å². The normalized spacial score (nSPS) is 12.0. The van der Waals surface area contributed by atoms with Crippen molar-refractivity contribution in [2.24, 2.45) is 5.14 Å². The van der Waals surface area contributed by atoms with Gasteiger partial charge in [0.25, 0.3) is 0 Å². The van der Waals surface area contributed by atoms with Crippen LogP contribution in [0.4, 0.5) is 5.69 Å². The lowest BCUT2D eigenvalue weighted by Crippen LogP contribution is -2.19. The highest BCUT2D eigenvalue weighted by molar-refractivity contribution is 7.99. The van der Waals surface area contributed by atoms with E-state index in [4.69, 9.17) is 10.9 Å². The minimum atomic E-state index is -3.90. The zero-order valence-electron chi connectivity index (χ0n) is 11.4. The average molecular weight is 329 g/mol. The zero-order chi connectivity index (χ0) is 15.8. The summed E-state index contributed by atoms with van der Waals surface area (Å²) in [5.74, 6) is 0. The topological polar surface area (TPSA) is 137 Å². The number of hydrogen-bond donors (Lipinski definition) is 3. The third-order valence-corrected chi connectivity index (χ3v) is 4.74. The largest absolute Gasteiger partial charge is 0.397 e. The number of nitrogens with two attached hydrogens (primary N) is 2. The molecule has 0 bridgehead atoms. The Morgan fingerprint density at radius 2 is 2.05 bits per heavy atom. The number of benzene rings is 1. The Morgan fingerprint density at radius 3 is 2.62 bits per heavy atom. The number of nitrogens with zero attached hydrogens (tertiary/aromatic N) is 2. The molecule has 0 spiro atoms. The van der Waals surface area contributed by atoms with E-state index in [9.17, 15) is 13.2 Å². The first kappa shape index (κ1) is 15.6. The summed E-state index contributed by atoms with van der Waals surface area (Å²) in [4.78, 5) is 12.0. The van der Waals surface area contributed by atoms with E-state index in [1.807, 2.05) is 13.8 Å². The van der Waals surface area contributed by atoms with Crippen LogP contribution in [0.1, 0.15) is 19.9 Å². The molecule has 1 heterocycles. The van der Waals surface area contributed by atoms with Gasteiger partial charge in [0.2, 0.25) is 10.0 Å². The Bertz CT molecular complexity index is 823. The molecule has 0 unspecified atom stereocenters. The number of nitrogens with one attached hydrogen (secondary N) is 1. The summed E-state index contributed by atoms with van der Waals surface area (Å²) in [7, 11) is -3.90. The van der Waals surface area contributed by atoms with Gasteiger partial charge in [-0.05, 0) is 37.7 Å². The van der Waals surface area contributed by atoms with Gasteiger partial charge in [0, 0.05) is 10.9 Å². The highest BCUT2D eigenvalue weighted by Crippen LogP contribution is 2.34. The van der Waals surface area contributed by atoms with Gasteiger partial charge in [-0.3, -0.25) is 4.57 Å². The van der Waals surface area contributed by atoms with Crippen molar-refractivity contribution in [3.63, 3.8) is 0 Å². The van der Waals surface area contributed by atoms with Crippen LogP contribution in [-0.2, 0) is 10.0 Å². The van der Waals surface area contributed by atoms with E-state index in [0.717, 1.165) is 11.8 Å². The van der Waals surface area contributed by atoms with Crippen LogP contribution in [0.2, 0.25) is 0 Å². The van der Waals surface area contributed by atoms with E-state index in [1.165, 1.54) is 16.7 Å². The maximum absolute atomic E-state index is 11.7. The van der Waals surface area contributed by atoms with Crippen LogP contribution in [0.15, 0.2) is 37.9 Å². The van der Waals surface area contributed by atoms with Crippen molar-refractivity contribution in [3.8, 4) is 0 Å². The molecule has 1 aromatic heterocycles. The fourth-order valence-electron chi connectivity index (χ4n) is 1.78. The molecule has 0 atom stereocenters. The number of hydrogen-bond acceptors (Lipinski definition) is 6. The molecule has 8 nitrogen and oxygen atoms in total. The van der Waals surface area contributed by atoms with Gasteiger partial charge in [0.1, 0.15) is 4.90 Å². The highest BCUT2D eigenvalue weighted by Gasteiger charge is 2.18. The van der Waals surface area contributed by atoms with Gasteiger partial charge in [0.05, 0.1) is 5.69 Å². The van der Waals surface area contributed by atoms with Crippen molar-refractivity contribution in [2.45, 2.75) is 34.8 Å². The van der Waals surface area contributed by atoms with Crippen LogP contribution in [0.3, 0.4) is 0 Å². The van der Waals surface area contributed by atoms with Crippen molar-refractivity contribution in [3.05, 3.63) is 28.7 Å². The van der Waals surface area contributed by atoms with Crippen molar-refractivity contribution < 1.29 is 8.42 Å². The average Bonchev–Trinajstić information content (AvgIpc) is 2.71. The van der Waals surface area contributed by atoms with E-state index in [2.05, 4.69) is 10.2 Å². The maximum Gasteiger partial charge on any atom is 0.344 e. The van der Waals surface area contributed by atoms with Crippen LogP contribution in [0.5, 0.6) is 0 Å². The van der Waals surface area contributed by atoms with Crippen LogP contribution in [-0.4, -0.2) is 23.2 Å². The van der Waals surface area contributed by atoms with E-state index in [0.29, 0.717) is 10.1 Å². The van der Waals surface area contributed by atoms with Crippen LogP contribution in [0, 0.1) is 0 Å². The summed E-state index contributed by atoms with van der Waals surface area (Å²) >= 11 is 1.10. The van der Waals surface area contributed by atoms with Gasteiger partial charge < -0.3 is 5.73 Å². The lowest BCUT2D eigenvalue weighted by atomic mass is 10.3. The predicted molar refractivity (Wildman–Crippen MR) is 79.6 cm³/mol. The lowest BCUT2D eigenvalue weighted by molar-refractivity contribution is 0.534. The summed E-state index contributed by atoms with van der Waals surface area (Å²) < 4.78 is 24.4. The number of aromatic amines is 1. The van der Waals surface area contributed by atoms with Gasteiger partial charge in [-0.15, -0.1) is 5.10 Å². The summed E-state index contributed by atoms with van der Waals surface area (Å²) in [6.07, 6.45) is 0. The molecule has 10 heteroatoms. The second-order valence-corrected chi connectivity index (χ2v) is 7.13. The number of aromatic nitrogens is 3. The molecule has 21 heavy (non-hydrogen) atoms. The third-order valence-electron chi connectivity index (χ3n) is 2.72. The molecule has 2 rings (SSSR count). The SMILES string of the molecule is CC(C)n1c(Sc2cccc(S(N)(=O)=O)c2N)n[nH]c1=O. The second kappa shape index (κ2) is 5.54. The molecule has 0 saturated carbocycles. The quantitative estimate of drug-likeness (QED) is 0.700. The third kappa shape index (κ3) is 3.12. The number of sulfonamides is 1. The Balaban J connectivity index is 2.49. The van der Waals surface area contributed by atoms with E-state index >= 15 is 0 Å². The molecular formula is C11H15N5O3S2. The van der Waals surface area contributed by atoms with E-state index in [-0.39, 0.29) is 22.3 Å². The molecule has 0 amide bonds. The summed E-state index contributed by atoms with van der Waals surface area (Å²) in [6, 6.07) is 4.40. The molecule has 0 aliphatic carbocycles. The molecule has 0 radical (unpaired) electrons. The maximum atomic E-state index is 11.7. The number of rotatable bonds is 4. The minimum Gasteiger partial charge on any atom is -0.397 e. The first-order valence-corrected chi connectivity index (χ1v) is 8.34. The number of nitrogen functional groups attached to an aromatic ring is 1. The van der Waals surface area contributed by atoms with Gasteiger partial charge in [-0.1, -0.05) is 6.07 Å². The van der Waals surface area contributed by atoms with E-state index in [1.54, 1.807) is 6.07 Å². The minimum absolute atomic E-state index is 0.0377.